The van der Waals surface area contributed by atoms with E-state index in [2.05, 4.69) is 19.2 Å². The van der Waals surface area contributed by atoms with Gasteiger partial charge in [-0.1, -0.05) is 45.6 Å². The Morgan fingerprint density at radius 1 is 0.815 bits per heavy atom. The van der Waals surface area contributed by atoms with E-state index in [-0.39, 0.29) is 5.91 Å². The molecule has 1 N–H and O–H groups in total. The predicted octanol–water partition coefficient (Wildman–Crippen LogP) is 6.08. The lowest BCUT2D eigenvalue weighted by molar-refractivity contribution is 0.102. The van der Waals surface area contributed by atoms with E-state index >= 15 is 0 Å². The van der Waals surface area contributed by atoms with Crippen LogP contribution in [-0.2, 0) is 0 Å². The van der Waals surface area contributed by atoms with Gasteiger partial charge in [0.05, 0.1) is 13.2 Å². The highest BCUT2D eigenvalue weighted by molar-refractivity contribution is 6.04. The molecule has 0 spiro atoms. The first-order valence-corrected chi connectivity index (χ1v) is 10.00. The molecule has 2 aromatic carbocycles. The molecule has 146 valence electrons. The summed E-state index contributed by atoms with van der Waals surface area (Å²) in [5, 5.41) is 2.92. The molecule has 0 fully saturated rings. The summed E-state index contributed by atoms with van der Waals surface area (Å²) < 4.78 is 11.4. The molecule has 0 radical (unpaired) electrons. The molecular weight excluding hydrogens is 338 g/mol. The zero-order chi connectivity index (χ0) is 19.3. The van der Waals surface area contributed by atoms with Gasteiger partial charge in [0.15, 0.2) is 0 Å². The van der Waals surface area contributed by atoms with Crippen molar-refractivity contribution in [1.82, 2.24) is 0 Å². The van der Waals surface area contributed by atoms with E-state index in [4.69, 9.17) is 9.47 Å². The van der Waals surface area contributed by atoms with Gasteiger partial charge < -0.3 is 14.8 Å². The number of ether oxygens (including phenoxy) is 2. The number of unbranched alkanes of at least 4 members (excludes halogenated alkanes) is 4. The molecule has 0 bridgehead atoms. The summed E-state index contributed by atoms with van der Waals surface area (Å²) >= 11 is 0. The number of carbonyl (C=O) groups is 1. The van der Waals surface area contributed by atoms with Crippen LogP contribution in [0.15, 0.2) is 48.5 Å². The van der Waals surface area contributed by atoms with Crippen molar-refractivity contribution in [2.24, 2.45) is 0 Å². The number of hydrogen-bond donors (Lipinski definition) is 1. The van der Waals surface area contributed by atoms with Crippen molar-refractivity contribution in [3.8, 4) is 11.5 Å². The van der Waals surface area contributed by atoms with E-state index in [0.29, 0.717) is 12.2 Å². The summed E-state index contributed by atoms with van der Waals surface area (Å²) in [5.41, 5.74) is 1.33. The molecule has 2 rings (SSSR count). The van der Waals surface area contributed by atoms with Gasteiger partial charge in [-0.25, -0.2) is 0 Å². The van der Waals surface area contributed by atoms with Crippen molar-refractivity contribution in [2.45, 2.75) is 52.4 Å². The topological polar surface area (TPSA) is 47.6 Å². The van der Waals surface area contributed by atoms with Crippen molar-refractivity contribution in [3.05, 3.63) is 54.1 Å². The molecule has 0 aliphatic carbocycles. The second kappa shape index (κ2) is 12.0. The molecule has 0 aromatic heterocycles. The van der Waals surface area contributed by atoms with Gasteiger partial charge in [-0.3, -0.25) is 4.79 Å². The fourth-order valence-electron chi connectivity index (χ4n) is 2.62. The number of anilines is 1. The minimum absolute atomic E-state index is 0.143. The van der Waals surface area contributed by atoms with Crippen LogP contribution >= 0.6 is 0 Å². The molecule has 4 nitrogen and oxygen atoms in total. The number of nitrogens with one attached hydrogen (secondary N) is 1. The van der Waals surface area contributed by atoms with Crippen LogP contribution in [0.4, 0.5) is 5.69 Å². The fraction of sp³-hybridized carbons (Fsp3) is 0.435. The Hall–Kier alpha value is -2.49. The predicted molar refractivity (Wildman–Crippen MR) is 111 cm³/mol. The minimum Gasteiger partial charge on any atom is -0.494 e. The smallest absolute Gasteiger partial charge is 0.255 e. The van der Waals surface area contributed by atoms with Crippen LogP contribution in [-0.4, -0.2) is 19.1 Å². The van der Waals surface area contributed by atoms with E-state index in [9.17, 15) is 4.79 Å². The first-order chi connectivity index (χ1) is 13.2. The first-order valence-electron chi connectivity index (χ1n) is 10.00. The van der Waals surface area contributed by atoms with E-state index in [1.807, 2.05) is 36.4 Å². The minimum atomic E-state index is -0.143. The van der Waals surface area contributed by atoms with Crippen molar-refractivity contribution >= 4 is 11.6 Å². The Morgan fingerprint density at radius 3 is 2.26 bits per heavy atom. The fourth-order valence-corrected chi connectivity index (χ4v) is 2.62. The van der Waals surface area contributed by atoms with Crippen molar-refractivity contribution in [1.29, 1.82) is 0 Å². The van der Waals surface area contributed by atoms with Gasteiger partial charge in [0.2, 0.25) is 0 Å². The molecular formula is C23H31NO3. The van der Waals surface area contributed by atoms with Gasteiger partial charge in [-0.15, -0.1) is 0 Å². The molecule has 0 aliphatic heterocycles. The van der Waals surface area contributed by atoms with Gasteiger partial charge in [0.1, 0.15) is 11.5 Å². The zero-order valence-electron chi connectivity index (χ0n) is 16.5. The summed E-state index contributed by atoms with van der Waals surface area (Å²) in [6, 6.07) is 14.8. The van der Waals surface area contributed by atoms with Crippen LogP contribution in [0.3, 0.4) is 0 Å². The van der Waals surface area contributed by atoms with E-state index in [1.54, 1.807) is 12.1 Å². The lowest BCUT2D eigenvalue weighted by atomic mass is 10.2. The second-order valence-electron chi connectivity index (χ2n) is 6.62. The van der Waals surface area contributed by atoms with Crippen molar-refractivity contribution < 1.29 is 14.3 Å². The molecule has 0 saturated heterocycles. The Labute approximate surface area is 162 Å². The average molecular weight is 370 g/mol. The molecule has 0 unspecified atom stereocenters. The third-order valence-corrected chi connectivity index (χ3v) is 4.24. The summed E-state index contributed by atoms with van der Waals surface area (Å²) in [5.74, 6) is 1.43. The summed E-state index contributed by atoms with van der Waals surface area (Å²) in [7, 11) is 0. The Kier molecular flexibility index (Phi) is 9.25. The van der Waals surface area contributed by atoms with Gasteiger partial charge in [0.25, 0.3) is 5.91 Å². The van der Waals surface area contributed by atoms with E-state index < -0.39 is 0 Å². The molecule has 0 atom stereocenters. The summed E-state index contributed by atoms with van der Waals surface area (Å²) in [6.07, 6.45) is 6.83. The maximum atomic E-state index is 12.4. The van der Waals surface area contributed by atoms with Gasteiger partial charge >= 0.3 is 0 Å². The maximum Gasteiger partial charge on any atom is 0.255 e. The third-order valence-electron chi connectivity index (χ3n) is 4.24. The second-order valence-corrected chi connectivity index (χ2v) is 6.62. The standard InChI is InChI=1S/C23H31NO3/c1-3-5-7-8-17-26-21-14-12-19(13-15-21)23(25)24-20-10-9-11-22(18-20)27-16-6-4-2/h9-15,18H,3-8,16-17H2,1-2H3,(H,24,25). The van der Waals surface area contributed by atoms with Crippen molar-refractivity contribution in [2.75, 3.05) is 18.5 Å². The Morgan fingerprint density at radius 2 is 1.52 bits per heavy atom. The van der Waals surface area contributed by atoms with Crippen LogP contribution < -0.4 is 14.8 Å². The Bertz CT molecular complexity index is 682. The average Bonchev–Trinajstić information content (AvgIpc) is 2.69. The van der Waals surface area contributed by atoms with Gasteiger partial charge in [-0.05, 0) is 49.2 Å². The van der Waals surface area contributed by atoms with Crippen LogP contribution in [0.2, 0.25) is 0 Å². The highest BCUT2D eigenvalue weighted by Gasteiger charge is 2.07. The zero-order valence-corrected chi connectivity index (χ0v) is 16.5. The number of carbonyl (C=O) groups excluding carboxylic acids is 1. The normalized spacial score (nSPS) is 10.4. The Balaban J connectivity index is 1.84. The van der Waals surface area contributed by atoms with Crippen LogP contribution in [0, 0.1) is 0 Å². The van der Waals surface area contributed by atoms with Crippen molar-refractivity contribution in [3.63, 3.8) is 0 Å². The molecule has 2 aromatic rings. The van der Waals surface area contributed by atoms with Gasteiger partial charge in [-0.2, -0.15) is 0 Å². The quantitative estimate of drug-likeness (QED) is 0.461. The van der Waals surface area contributed by atoms with E-state index in [1.165, 1.54) is 19.3 Å². The maximum absolute atomic E-state index is 12.4. The molecule has 0 saturated carbocycles. The van der Waals surface area contributed by atoms with Crippen LogP contribution in [0.5, 0.6) is 11.5 Å². The summed E-state index contributed by atoms with van der Waals surface area (Å²) in [4.78, 5) is 12.4. The van der Waals surface area contributed by atoms with E-state index in [0.717, 1.165) is 43.1 Å². The number of benzene rings is 2. The largest absolute Gasteiger partial charge is 0.494 e. The third kappa shape index (κ3) is 7.73. The molecule has 27 heavy (non-hydrogen) atoms. The molecule has 0 aliphatic rings. The highest BCUT2D eigenvalue weighted by atomic mass is 16.5. The van der Waals surface area contributed by atoms with Crippen LogP contribution in [0.25, 0.3) is 0 Å². The highest BCUT2D eigenvalue weighted by Crippen LogP contribution is 2.19. The van der Waals surface area contributed by atoms with Gasteiger partial charge in [0, 0.05) is 17.3 Å². The number of amides is 1. The molecule has 4 heteroatoms. The lowest BCUT2D eigenvalue weighted by Gasteiger charge is -2.10. The first kappa shape index (κ1) is 20.8. The summed E-state index contributed by atoms with van der Waals surface area (Å²) in [6.45, 7) is 5.73. The molecule has 1 amide bonds. The number of hydrogen-bond acceptors (Lipinski definition) is 3. The van der Waals surface area contributed by atoms with Crippen LogP contribution in [0.1, 0.15) is 62.7 Å². The monoisotopic (exact) mass is 369 g/mol. The number of rotatable bonds is 12. The molecule has 0 heterocycles. The SMILES string of the molecule is CCCCCCOc1ccc(C(=O)Nc2cccc(OCCCC)c2)cc1. The lowest BCUT2D eigenvalue weighted by Crippen LogP contribution is -2.12.